The normalized spacial score (nSPS) is 26.2. The Morgan fingerprint density at radius 3 is 2.04 bits per heavy atom. The van der Waals surface area contributed by atoms with E-state index in [9.17, 15) is 19.5 Å². The molecule has 4 aromatic rings. The van der Waals surface area contributed by atoms with Gasteiger partial charge in [0.1, 0.15) is 0 Å². The first-order valence-electron chi connectivity index (χ1n) is 17.7. The molecule has 1 heterocycles. The molecule has 4 aliphatic rings. The monoisotopic (exact) mass is 707 g/mol. The van der Waals surface area contributed by atoms with Crippen LogP contribution in [0.4, 0.5) is 5.69 Å². The van der Waals surface area contributed by atoms with E-state index in [0.717, 1.165) is 5.57 Å². The number of hydrogen-bond donors (Lipinski definition) is 1. The number of rotatable bonds is 7. The standard InChI is InChI=1S/C44H37NO8/c1-24(46)25-14-16-29(17-15-25)45-42(50)31-19-18-30-33(38(31)43(45)51)22-34-40(48)32(26-10-6-4-7-11-26)23-37(47)44(34,28-12-8-5-9-13-28)39(30)27-20-35(52-2)41(49)36(21-27)53-3/h4-18,20-21,23,31,33-34,38-39,49H,19,22H2,1-3H3. The van der Waals surface area contributed by atoms with E-state index in [1.54, 1.807) is 48.5 Å². The number of Topliss-reactive ketones (excluding diaryl/α,β-unsaturated/α-hetero) is 2. The van der Waals surface area contributed by atoms with Gasteiger partial charge in [-0.1, -0.05) is 72.3 Å². The van der Waals surface area contributed by atoms with Crippen LogP contribution in [0, 0.1) is 23.7 Å². The zero-order chi connectivity index (χ0) is 37.2. The summed E-state index contributed by atoms with van der Waals surface area (Å²) in [4.78, 5) is 72.3. The number of carbonyl (C=O) groups excluding carboxylic acids is 5. The van der Waals surface area contributed by atoms with Crippen LogP contribution < -0.4 is 14.4 Å². The molecule has 1 saturated heterocycles. The number of ether oxygens (including phenoxy) is 2. The minimum Gasteiger partial charge on any atom is -0.502 e. The van der Waals surface area contributed by atoms with Gasteiger partial charge in [0.2, 0.25) is 17.6 Å². The maximum absolute atomic E-state index is 15.2. The number of aromatic hydroxyl groups is 1. The molecule has 0 spiro atoms. The number of amides is 2. The molecule has 1 saturated carbocycles. The Balaban J connectivity index is 1.36. The van der Waals surface area contributed by atoms with Crippen molar-refractivity contribution in [2.75, 3.05) is 19.1 Å². The van der Waals surface area contributed by atoms with Gasteiger partial charge < -0.3 is 14.6 Å². The highest BCUT2D eigenvalue weighted by Crippen LogP contribution is 2.64. The molecule has 6 atom stereocenters. The van der Waals surface area contributed by atoms with Crippen LogP contribution in [-0.4, -0.2) is 48.5 Å². The van der Waals surface area contributed by atoms with Gasteiger partial charge in [0, 0.05) is 23.0 Å². The first kappa shape index (κ1) is 34.0. The summed E-state index contributed by atoms with van der Waals surface area (Å²) in [6.45, 7) is 1.45. The summed E-state index contributed by atoms with van der Waals surface area (Å²) in [5, 5.41) is 11.0. The molecule has 53 heavy (non-hydrogen) atoms. The molecule has 266 valence electrons. The molecular weight excluding hydrogens is 670 g/mol. The van der Waals surface area contributed by atoms with E-state index in [4.69, 9.17) is 9.47 Å². The lowest BCUT2D eigenvalue weighted by Crippen LogP contribution is -2.58. The number of ketones is 3. The number of phenols is 1. The molecule has 9 nitrogen and oxygen atoms in total. The third kappa shape index (κ3) is 5.01. The van der Waals surface area contributed by atoms with Crippen molar-refractivity contribution in [1.29, 1.82) is 0 Å². The number of hydrogen-bond acceptors (Lipinski definition) is 8. The fourth-order valence-electron chi connectivity index (χ4n) is 9.43. The van der Waals surface area contributed by atoms with Crippen LogP contribution in [0.1, 0.15) is 52.7 Å². The second-order valence-electron chi connectivity index (χ2n) is 14.2. The van der Waals surface area contributed by atoms with E-state index >= 15 is 9.59 Å². The third-order valence-electron chi connectivity index (χ3n) is 11.7. The Hall–Kier alpha value is -6.09. The third-order valence-corrected chi connectivity index (χ3v) is 11.7. The number of fused-ring (bicyclic) bond motifs is 4. The van der Waals surface area contributed by atoms with Crippen molar-refractivity contribution in [1.82, 2.24) is 0 Å². The Labute approximate surface area is 306 Å². The topological polar surface area (TPSA) is 127 Å². The predicted molar refractivity (Wildman–Crippen MR) is 197 cm³/mol. The summed E-state index contributed by atoms with van der Waals surface area (Å²) in [6, 6.07) is 28.1. The largest absolute Gasteiger partial charge is 0.502 e. The van der Waals surface area contributed by atoms with E-state index in [1.165, 1.54) is 32.1 Å². The number of nitrogens with zero attached hydrogens (tertiary/aromatic N) is 1. The molecule has 8 rings (SSSR count). The molecule has 0 aromatic heterocycles. The van der Waals surface area contributed by atoms with Gasteiger partial charge in [0.25, 0.3) is 0 Å². The van der Waals surface area contributed by atoms with E-state index in [1.807, 2.05) is 54.6 Å². The van der Waals surface area contributed by atoms with Gasteiger partial charge in [0.15, 0.2) is 28.8 Å². The molecule has 9 heteroatoms. The number of imide groups is 1. The van der Waals surface area contributed by atoms with Crippen LogP contribution in [0.5, 0.6) is 17.2 Å². The summed E-state index contributed by atoms with van der Waals surface area (Å²) in [7, 11) is 2.85. The number of carbonyl (C=O) groups is 5. The SMILES string of the molecule is COc1cc(C2C3=CCC4C(=O)N(c5ccc(C(C)=O)cc5)C(=O)C4C3CC3C(=O)C(c4ccccc4)=CC(=O)C32c2ccccc2)cc(OC)c1O. The maximum Gasteiger partial charge on any atom is 0.238 e. The molecule has 0 radical (unpaired) electrons. The number of benzene rings is 4. The van der Waals surface area contributed by atoms with Gasteiger partial charge >= 0.3 is 0 Å². The Bertz CT molecular complexity index is 2230. The van der Waals surface area contributed by atoms with Crippen molar-refractivity contribution in [3.05, 3.63) is 137 Å². The van der Waals surface area contributed by atoms with Crippen molar-refractivity contribution in [3.8, 4) is 17.2 Å². The number of anilines is 1. The first-order valence-corrected chi connectivity index (χ1v) is 17.7. The van der Waals surface area contributed by atoms with Crippen molar-refractivity contribution >= 4 is 40.4 Å². The minimum absolute atomic E-state index is 0.123. The van der Waals surface area contributed by atoms with Crippen LogP contribution in [0.2, 0.25) is 0 Å². The molecule has 0 bridgehead atoms. The smallest absolute Gasteiger partial charge is 0.238 e. The molecule has 3 aliphatic carbocycles. The average Bonchev–Trinajstić information content (AvgIpc) is 3.44. The number of methoxy groups -OCH3 is 2. The maximum atomic E-state index is 15.2. The summed E-state index contributed by atoms with van der Waals surface area (Å²) < 4.78 is 11.2. The molecule has 6 unspecified atom stereocenters. The van der Waals surface area contributed by atoms with Gasteiger partial charge in [-0.05, 0) is 84.8 Å². The summed E-state index contributed by atoms with van der Waals surface area (Å²) in [5.41, 5.74) is 2.28. The second-order valence-corrected chi connectivity index (χ2v) is 14.2. The molecule has 2 fully saturated rings. The van der Waals surface area contributed by atoms with Crippen LogP contribution in [0.25, 0.3) is 5.57 Å². The Morgan fingerprint density at radius 1 is 0.811 bits per heavy atom. The zero-order valence-corrected chi connectivity index (χ0v) is 29.4. The minimum atomic E-state index is -1.45. The Kier molecular flexibility index (Phi) is 8.24. The van der Waals surface area contributed by atoms with Crippen molar-refractivity contribution < 1.29 is 38.6 Å². The zero-order valence-electron chi connectivity index (χ0n) is 29.4. The van der Waals surface area contributed by atoms with Crippen molar-refractivity contribution in [2.24, 2.45) is 23.7 Å². The summed E-state index contributed by atoms with van der Waals surface area (Å²) in [5.74, 6) is -5.12. The van der Waals surface area contributed by atoms with Crippen LogP contribution in [0.15, 0.2) is 115 Å². The van der Waals surface area contributed by atoms with Crippen LogP contribution in [-0.2, 0) is 24.6 Å². The number of phenolic OH excluding ortho intramolecular Hbond substituents is 1. The molecule has 2 amide bonds. The summed E-state index contributed by atoms with van der Waals surface area (Å²) in [6.07, 6.45) is 3.83. The molecular formula is C44H37NO8. The highest BCUT2D eigenvalue weighted by molar-refractivity contribution is 6.32. The van der Waals surface area contributed by atoms with Gasteiger partial charge in [-0.3, -0.25) is 28.9 Å². The van der Waals surface area contributed by atoms with E-state index in [0.29, 0.717) is 33.5 Å². The van der Waals surface area contributed by atoms with Gasteiger partial charge in [0.05, 0.1) is 37.2 Å². The highest BCUT2D eigenvalue weighted by atomic mass is 16.5. The van der Waals surface area contributed by atoms with Gasteiger partial charge in [-0.15, -0.1) is 0 Å². The van der Waals surface area contributed by atoms with E-state index in [-0.39, 0.29) is 59.3 Å². The fraction of sp³-hybridized carbons (Fsp3) is 0.250. The lowest BCUT2D eigenvalue weighted by Gasteiger charge is -2.55. The van der Waals surface area contributed by atoms with Crippen molar-refractivity contribution in [2.45, 2.75) is 31.1 Å². The molecule has 1 N–H and O–H groups in total. The lowest BCUT2D eigenvalue weighted by molar-refractivity contribution is -0.135. The van der Waals surface area contributed by atoms with Crippen molar-refractivity contribution in [3.63, 3.8) is 0 Å². The summed E-state index contributed by atoms with van der Waals surface area (Å²) >= 11 is 0. The lowest BCUT2D eigenvalue weighted by atomic mass is 9.44. The van der Waals surface area contributed by atoms with Crippen LogP contribution in [0.3, 0.4) is 0 Å². The molecule has 1 aliphatic heterocycles. The Morgan fingerprint density at radius 2 is 1.43 bits per heavy atom. The predicted octanol–water partition coefficient (Wildman–Crippen LogP) is 6.64. The highest BCUT2D eigenvalue weighted by Gasteiger charge is 2.66. The second kappa shape index (κ2) is 12.8. The van der Waals surface area contributed by atoms with E-state index in [2.05, 4.69) is 0 Å². The van der Waals surface area contributed by atoms with Gasteiger partial charge in [-0.2, -0.15) is 0 Å². The molecule has 4 aromatic carbocycles. The van der Waals surface area contributed by atoms with Gasteiger partial charge in [-0.25, -0.2) is 0 Å². The average molecular weight is 708 g/mol. The van der Waals surface area contributed by atoms with E-state index < -0.39 is 35.0 Å². The quantitative estimate of drug-likeness (QED) is 0.129. The number of allylic oxidation sites excluding steroid dienone is 4. The first-order chi connectivity index (χ1) is 25.6. The fourth-order valence-corrected chi connectivity index (χ4v) is 9.43. The van der Waals surface area contributed by atoms with Crippen LogP contribution >= 0.6 is 0 Å².